The SMILES string of the molecule is Cn1cc(NC(=O)Nc2ccccc2)c2ccccc21. The normalized spacial score (nSPS) is 10.4. The van der Waals surface area contributed by atoms with Gasteiger partial charge in [-0.05, 0) is 18.2 Å². The van der Waals surface area contributed by atoms with Crippen molar-refractivity contribution < 1.29 is 4.79 Å². The molecule has 0 atom stereocenters. The number of hydrogen-bond donors (Lipinski definition) is 2. The monoisotopic (exact) mass is 265 g/mol. The number of hydrogen-bond acceptors (Lipinski definition) is 1. The Bertz CT molecular complexity index is 747. The summed E-state index contributed by atoms with van der Waals surface area (Å²) in [5, 5.41) is 6.71. The molecule has 0 aliphatic carbocycles. The van der Waals surface area contributed by atoms with Crippen LogP contribution in [-0.2, 0) is 7.05 Å². The lowest BCUT2D eigenvalue weighted by molar-refractivity contribution is 0.262. The summed E-state index contributed by atoms with van der Waals surface area (Å²) < 4.78 is 1.99. The van der Waals surface area contributed by atoms with Gasteiger partial charge in [-0.15, -0.1) is 0 Å². The molecule has 4 nitrogen and oxygen atoms in total. The fraction of sp³-hybridized carbons (Fsp3) is 0.0625. The molecular formula is C16H15N3O. The van der Waals surface area contributed by atoms with Crippen molar-refractivity contribution in [3.63, 3.8) is 0 Å². The van der Waals surface area contributed by atoms with Gasteiger partial charge in [-0.1, -0.05) is 36.4 Å². The standard InChI is InChI=1S/C16H15N3O/c1-19-11-14(13-9-5-6-10-15(13)19)18-16(20)17-12-7-3-2-4-8-12/h2-11H,1H3,(H2,17,18,20). The van der Waals surface area contributed by atoms with Gasteiger partial charge >= 0.3 is 6.03 Å². The summed E-state index contributed by atoms with van der Waals surface area (Å²) in [6, 6.07) is 17.1. The quantitative estimate of drug-likeness (QED) is 0.727. The molecule has 3 rings (SSSR count). The zero-order valence-corrected chi connectivity index (χ0v) is 11.1. The lowest BCUT2D eigenvalue weighted by Crippen LogP contribution is -2.19. The molecule has 3 aromatic rings. The molecule has 20 heavy (non-hydrogen) atoms. The van der Waals surface area contributed by atoms with Crippen molar-refractivity contribution in [3.8, 4) is 0 Å². The van der Waals surface area contributed by atoms with Gasteiger partial charge in [-0.25, -0.2) is 4.79 Å². The Morgan fingerprint density at radius 1 is 0.950 bits per heavy atom. The second-order valence-electron chi connectivity index (χ2n) is 4.62. The van der Waals surface area contributed by atoms with Crippen LogP contribution in [0.2, 0.25) is 0 Å². The molecule has 100 valence electrons. The number of aromatic nitrogens is 1. The largest absolute Gasteiger partial charge is 0.348 e. The van der Waals surface area contributed by atoms with Crippen LogP contribution in [0.4, 0.5) is 16.2 Å². The fourth-order valence-corrected chi connectivity index (χ4v) is 2.25. The van der Waals surface area contributed by atoms with Gasteiger partial charge in [0, 0.05) is 29.8 Å². The maximum absolute atomic E-state index is 12.0. The van der Waals surface area contributed by atoms with Crippen LogP contribution in [0.25, 0.3) is 10.9 Å². The van der Waals surface area contributed by atoms with Crippen molar-refractivity contribution in [2.24, 2.45) is 7.05 Å². The van der Waals surface area contributed by atoms with Gasteiger partial charge in [0.05, 0.1) is 5.69 Å². The second-order valence-corrected chi connectivity index (χ2v) is 4.62. The van der Waals surface area contributed by atoms with Crippen LogP contribution in [0, 0.1) is 0 Å². The molecule has 0 spiro atoms. The Balaban J connectivity index is 1.81. The molecule has 0 saturated carbocycles. The highest BCUT2D eigenvalue weighted by Gasteiger charge is 2.08. The fourth-order valence-electron chi connectivity index (χ4n) is 2.25. The van der Waals surface area contributed by atoms with Crippen LogP contribution < -0.4 is 10.6 Å². The number of nitrogens with one attached hydrogen (secondary N) is 2. The van der Waals surface area contributed by atoms with Crippen molar-refractivity contribution in [2.45, 2.75) is 0 Å². The van der Waals surface area contributed by atoms with E-state index in [1.54, 1.807) is 0 Å². The van der Waals surface area contributed by atoms with E-state index in [1.807, 2.05) is 72.4 Å². The lowest BCUT2D eigenvalue weighted by Gasteiger charge is -2.06. The number of aryl methyl sites for hydroxylation is 1. The number of amides is 2. The molecule has 0 aliphatic rings. The van der Waals surface area contributed by atoms with E-state index < -0.39 is 0 Å². The zero-order valence-electron chi connectivity index (χ0n) is 11.1. The molecule has 4 heteroatoms. The van der Waals surface area contributed by atoms with E-state index in [1.165, 1.54) is 0 Å². The Morgan fingerprint density at radius 3 is 2.45 bits per heavy atom. The molecule has 0 radical (unpaired) electrons. The van der Waals surface area contributed by atoms with Gasteiger partial charge in [0.25, 0.3) is 0 Å². The first-order valence-corrected chi connectivity index (χ1v) is 6.41. The Morgan fingerprint density at radius 2 is 1.65 bits per heavy atom. The minimum Gasteiger partial charge on any atom is -0.348 e. The van der Waals surface area contributed by atoms with Crippen molar-refractivity contribution in [1.82, 2.24) is 4.57 Å². The van der Waals surface area contributed by atoms with Crippen molar-refractivity contribution in [3.05, 3.63) is 60.8 Å². The zero-order chi connectivity index (χ0) is 13.9. The number of fused-ring (bicyclic) bond motifs is 1. The third kappa shape index (κ3) is 2.36. The summed E-state index contributed by atoms with van der Waals surface area (Å²) in [7, 11) is 1.96. The second kappa shape index (κ2) is 5.09. The van der Waals surface area contributed by atoms with Crippen LogP contribution in [0.15, 0.2) is 60.8 Å². The van der Waals surface area contributed by atoms with Crippen LogP contribution in [0.5, 0.6) is 0 Å². The molecule has 0 bridgehead atoms. The van der Waals surface area contributed by atoms with Crippen molar-refractivity contribution in [2.75, 3.05) is 10.6 Å². The number of benzene rings is 2. The number of nitrogens with zero attached hydrogens (tertiary/aromatic N) is 1. The highest BCUT2D eigenvalue weighted by atomic mass is 16.2. The summed E-state index contributed by atoms with van der Waals surface area (Å²) >= 11 is 0. The van der Waals surface area contributed by atoms with E-state index >= 15 is 0 Å². The Hall–Kier alpha value is -2.75. The van der Waals surface area contributed by atoms with E-state index in [0.717, 1.165) is 22.3 Å². The third-order valence-electron chi connectivity index (χ3n) is 3.18. The molecule has 2 aromatic carbocycles. The summed E-state index contributed by atoms with van der Waals surface area (Å²) in [6.45, 7) is 0. The van der Waals surface area contributed by atoms with Crippen LogP contribution >= 0.6 is 0 Å². The predicted octanol–water partition coefficient (Wildman–Crippen LogP) is 3.82. The van der Waals surface area contributed by atoms with Crippen LogP contribution in [0.3, 0.4) is 0 Å². The molecule has 1 heterocycles. The van der Waals surface area contributed by atoms with E-state index in [4.69, 9.17) is 0 Å². The highest BCUT2D eigenvalue weighted by Crippen LogP contribution is 2.24. The van der Waals surface area contributed by atoms with Gasteiger partial charge < -0.3 is 15.2 Å². The summed E-state index contributed by atoms with van der Waals surface area (Å²) in [5.41, 5.74) is 2.66. The molecule has 2 N–H and O–H groups in total. The average molecular weight is 265 g/mol. The highest BCUT2D eigenvalue weighted by molar-refractivity contribution is 6.06. The smallest absolute Gasteiger partial charge is 0.323 e. The van der Waals surface area contributed by atoms with Gasteiger partial charge in [0.2, 0.25) is 0 Å². The van der Waals surface area contributed by atoms with Gasteiger partial charge in [-0.3, -0.25) is 0 Å². The first kappa shape index (κ1) is 12.3. The van der Waals surface area contributed by atoms with E-state index in [9.17, 15) is 4.79 Å². The van der Waals surface area contributed by atoms with Crippen LogP contribution in [-0.4, -0.2) is 10.6 Å². The topological polar surface area (TPSA) is 46.1 Å². The van der Waals surface area contributed by atoms with Gasteiger partial charge in [-0.2, -0.15) is 0 Å². The number of para-hydroxylation sites is 2. The van der Waals surface area contributed by atoms with E-state index in [0.29, 0.717) is 0 Å². The summed E-state index contributed by atoms with van der Waals surface area (Å²) in [4.78, 5) is 12.0. The maximum Gasteiger partial charge on any atom is 0.323 e. The molecule has 0 saturated heterocycles. The molecule has 0 unspecified atom stereocenters. The van der Waals surface area contributed by atoms with Crippen molar-refractivity contribution in [1.29, 1.82) is 0 Å². The van der Waals surface area contributed by atoms with E-state index in [-0.39, 0.29) is 6.03 Å². The van der Waals surface area contributed by atoms with Gasteiger partial charge in [0.15, 0.2) is 0 Å². The molecule has 0 aliphatic heterocycles. The van der Waals surface area contributed by atoms with Gasteiger partial charge in [0.1, 0.15) is 0 Å². The van der Waals surface area contributed by atoms with Crippen molar-refractivity contribution >= 4 is 28.3 Å². The lowest BCUT2D eigenvalue weighted by atomic mass is 10.2. The van der Waals surface area contributed by atoms with E-state index in [2.05, 4.69) is 10.6 Å². The number of carbonyl (C=O) groups is 1. The van der Waals surface area contributed by atoms with Crippen LogP contribution in [0.1, 0.15) is 0 Å². The number of anilines is 2. The predicted molar refractivity (Wildman–Crippen MR) is 82.0 cm³/mol. The average Bonchev–Trinajstić information content (AvgIpc) is 2.77. The molecule has 0 fully saturated rings. The third-order valence-corrected chi connectivity index (χ3v) is 3.18. The number of urea groups is 1. The Labute approximate surface area is 117 Å². The number of rotatable bonds is 2. The Kier molecular flexibility index (Phi) is 3.13. The number of carbonyl (C=O) groups excluding carboxylic acids is 1. The summed E-state index contributed by atoms with van der Waals surface area (Å²) in [6.07, 6.45) is 1.91. The maximum atomic E-state index is 12.0. The molecule has 1 aromatic heterocycles. The summed E-state index contributed by atoms with van der Waals surface area (Å²) in [5.74, 6) is 0. The minimum atomic E-state index is -0.243. The first-order chi connectivity index (χ1) is 9.74. The minimum absolute atomic E-state index is 0.243. The first-order valence-electron chi connectivity index (χ1n) is 6.41. The molecule has 2 amide bonds. The molecular weight excluding hydrogens is 250 g/mol.